The lowest BCUT2D eigenvalue weighted by Crippen LogP contribution is -2.10. The molecule has 0 saturated carbocycles. The van der Waals surface area contributed by atoms with Crippen molar-refractivity contribution in [1.29, 1.82) is 0 Å². The van der Waals surface area contributed by atoms with Crippen LogP contribution in [0.15, 0.2) is 18.2 Å². The zero-order valence-corrected chi connectivity index (χ0v) is 10.8. The van der Waals surface area contributed by atoms with Crippen LogP contribution in [0.5, 0.6) is 5.75 Å². The molecular weight excluding hydrogens is 282 g/mol. The van der Waals surface area contributed by atoms with Crippen LogP contribution < -0.4 is 10.1 Å². The number of nitro benzene ring substituents is 1. The Hall–Kier alpha value is -1.77. The SMILES string of the molecule is C[S@@](=O)CCNc1ccc([N+](=O)[O-])c(OC(F)F)c1. The van der Waals surface area contributed by atoms with Gasteiger partial charge in [-0.2, -0.15) is 8.78 Å². The van der Waals surface area contributed by atoms with Crippen molar-refractivity contribution in [2.75, 3.05) is 23.9 Å². The van der Waals surface area contributed by atoms with Gasteiger partial charge in [0.05, 0.1) is 4.92 Å². The van der Waals surface area contributed by atoms with Crippen molar-refractivity contribution < 1.29 is 22.6 Å². The van der Waals surface area contributed by atoms with E-state index in [1.54, 1.807) is 0 Å². The quantitative estimate of drug-likeness (QED) is 0.614. The maximum Gasteiger partial charge on any atom is 0.387 e. The second kappa shape index (κ2) is 6.98. The number of nitro groups is 1. The van der Waals surface area contributed by atoms with Crippen LogP contribution in [0.2, 0.25) is 0 Å². The van der Waals surface area contributed by atoms with Crippen molar-refractivity contribution in [2.24, 2.45) is 0 Å². The Morgan fingerprint density at radius 3 is 2.74 bits per heavy atom. The molecule has 1 N–H and O–H groups in total. The van der Waals surface area contributed by atoms with Crippen molar-refractivity contribution >= 4 is 22.2 Å². The highest BCUT2D eigenvalue weighted by molar-refractivity contribution is 7.84. The van der Waals surface area contributed by atoms with Crippen LogP contribution in [-0.2, 0) is 10.8 Å². The molecule has 0 heterocycles. The number of nitrogens with zero attached hydrogens (tertiary/aromatic N) is 1. The van der Waals surface area contributed by atoms with Gasteiger partial charge in [-0.15, -0.1) is 0 Å². The Kier molecular flexibility index (Phi) is 5.61. The van der Waals surface area contributed by atoms with Gasteiger partial charge < -0.3 is 10.1 Å². The second-order valence-electron chi connectivity index (χ2n) is 3.52. The summed E-state index contributed by atoms with van der Waals surface area (Å²) in [6.45, 7) is -2.79. The normalized spacial score (nSPS) is 12.2. The fraction of sp³-hybridized carbons (Fsp3) is 0.400. The predicted molar refractivity (Wildman–Crippen MR) is 67.2 cm³/mol. The maximum absolute atomic E-state index is 12.1. The van der Waals surface area contributed by atoms with Crippen LogP contribution in [-0.4, -0.2) is 34.3 Å². The Bertz CT molecular complexity index is 485. The summed E-state index contributed by atoms with van der Waals surface area (Å²) in [4.78, 5) is 9.83. The van der Waals surface area contributed by atoms with Crippen LogP contribution >= 0.6 is 0 Å². The molecule has 106 valence electrons. The highest BCUT2D eigenvalue weighted by atomic mass is 32.2. The molecule has 1 rings (SSSR count). The molecule has 0 amide bonds. The van der Waals surface area contributed by atoms with Gasteiger partial charge in [-0.3, -0.25) is 14.3 Å². The topological polar surface area (TPSA) is 81.5 Å². The molecule has 0 spiro atoms. The number of rotatable bonds is 7. The van der Waals surface area contributed by atoms with E-state index in [1.165, 1.54) is 12.3 Å². The third kappa shape index (κ3) is 5.16. The van der Waals surface area contributed by atoms with E-state index in [-0.39, 0.29) is 0 Å². The van der Waals surface area contributed by atoms with Crippen LogP contribution in [0.3, 0.4) is 0 Å². The van der Waals surface area contributed by atoms with Crippen molar-refractivity contribution in [3.8, 4) is 5.75 Å². The van der Waals surface area contributed by atoms with E-state index in [9.17, 15) is 23.1 Å². The summed E-state index contributed by atoms with van der Waals surface area (Å²) < 4.78 is 39.2. The van der Waals surface area contributed by atoms with Gasteiger partial charge in [-0.25, -0.2) is 0 Å². The summed E-state index contributed by atoms with van der Waals surface area (Å²) in [5, 5.41) is 13.5. The second-order valence-corrected chi connectivity index (χ2v) is 5.08. The predicted octanol–water partition coefficient (Wildman–Crippen LogP) is 1.99. The first-order valence-electron chi connectivity index (χ1n) is 5.17. The number of hydrogen-bond donors (Lipinski definition) is 1. The zero-order chi connectivity index (χ0) is 14.4. The molecule has 19 heavy (non-hydrogen) atoms. The summed E-state index contributed by atoms with van der Waals surface area (Å²) in [5.74, 6) is -0.134. The van der Waals surface area contributed by atoms with Crippen LogP contribution in [0.25, 0.3) is 0 Å². The average Bonchev–Trinajstić information content (AvgIpc) is 2.27. The molecule has 0 radical (unpaired) electrons. The van der Waals surface area contributed by atoms with Crippen molar-refractivity contribution in [2.45, 2.75) is 6.61 Å². The Labute approximate surface area is 110 Å². The lowest BCUT2D eigenvalue weighted by Gasteiger charge is -2.09. The molecule has 0 aliphatic heterocycles. The molecule has 0 saturated heterocycles. The van der Waals surface area contributed by atoms with Crippen LogP contribution in [0, 0.1) is 10.1 Å². The van der Waals surface area contributed by atoms with Gasteiger partial charge in [0.2, 0.25) is 5.75 Å². The molecule has 9 heteroatoms. The lowest BCUT2D eigenvalue weighted by atomic mass is 10.2. The lowest BCUT2D eigenvalue weighted by molar-refractivity contribution is -0.386. The first-order chi connectivity index (χ1) is 8.90. The molecule has 0 aliphatic rings. The monoisotopic (exact) mass is 294 g/mol. The maximum atomic E-state index is 12.1. The fourth-order valence-electron chi connectivity index (χ4n) is 1.30. The minimum Gasteiger partial charge on any atom is -0.427 e. The zero-order valence-electron chi connectivity index (χ0n) is 9.97. The van der Waals surface area contributed by atoms with E-state index in [0.29, 0.717) is 18.0 Å². The fourth-order valence-corrected chi connectivity index (χ4v) is 1.69. The van der Waals surface area contributed by atoms with E-state index in [1.807, 2.05) is 0 Å². The van der Waals surface area contributed by atoms with Gasteiger partial charge in [0, 0.05) is 47.2 Å². The van der Waals surface area contributed by atoms with E-state index in [4.69, 9.17) is 0 Å². The number of benzene rings is 1. The molecule has 1 aromatic carbocycles. The third-order valence-electron chi connectivity index (χ3n) is 2.09. The van der Waals surface area contributed by atoms with Crippen molar-refractivity contribution in [3.63, 3.8) is 0 Å². The Morgan fingerprint density at radius 1 is 1.53 bits per heavy atom. The molecule has 0 aromatic heterocycles. The van der Waals surface area contributed by atoms with Crippen LogP contribution in [0.1, 0.15) is 0 Å². The highest BCUT2D eigenvalue weighted by Crippen LogP contribution is 2.31. The highest BCUT2D eigenvalue weighted by Gasteiger charge is 2.18. The van der Waals surface area contributed by atoms with Crippen molar-refractivity contribution in [3.05, 3.63) is 28.3 Å². The smallest absolute Gasteiger partial charge is 0.387 e. The van der Waals surface area contributed by atoms with Crippen LogP contribution in [0.4, 0.5) is 20.2 Å². The number of halogens is 2. The van der Waals surface area contributed by atoms with Gasteiger partial charge in [0.25, 0.3) is 0 Å². The minimum absolute atomic E-state index is 0.356. The van der Waals surface area contributed by atoms with Crippen molar-refractivity contribution in [1.82, 2.24) is 0 Å². The van der Waals surface area contributed by atoms with E-state index in [2.05, 4.69) is 10.1 Å². The van der Waals surface area contributed by atoms with Gasteiger partial charge in [0.15, 0.2) is 0 Å². The van der Waals surface area contributed by atoms with E-state index < -0.39 is 33.8 Å². The van der Waals surface area contributed by atoms with E-state index in [0.717, 1.165) is 12.1 Å². The standard InChI is InChI=1S/C10H12F2N2O4S/c1-19(17)5-4-13-7-2-3-8(14(15)16)9(6-7)18-10(11)12/h2-3,6,10,13H,4-5H2,1H3/t19-/m1/s1. The van der Waals surface area contributed by atoms with E-state index >= 15 is 0 Å². The molecule has 0 fully saturated rings. The minimum atomic E-state index is -3.14. The Morgan fingerprint density at radius 2 is 2.21 bits per heavy atom. The Balaban J connectivity index is 2.85. The molecule has 0 aliphatic carbocycles. The average molecular weight is 294 g/mol. The first-order valence-corrected chi connectivity index (χ1v) is 6.90. The van der Waals surface area contributed by atoms with Gasteiger partial charge in [-0.05, 0) is 6.07 Å². The molecular formula is C10H12F2N2O4S. The summed E-state index contributed by atoms with van der Waals surface area (Å²) >= 11 is 0. The van der Waals surface area contributed by atoms with Gasteiger partial charge in [0.1, 0.15) is 0 Å². The third-order valence-corrected chi connectivity index (χ3v) is 2.87. The number of hydrogen-bond acceptors (Lipinski definition) is 5. The number of anilines is 1. The summed E-state index contributed by atoms with van der Waals surface area (Å²) in [5.41, 5.74) is -0.156. The molecule has 0 bridgehead atoms. The number of nitrogens with one attached hydrogen (secondary N) is 1. The largest absolute Gasteiger partial charge is 0.427 e. The summed E-state index contributed by atoms with van der Waals surface area (Å²) in [6.07, 6.45) is 1.53. The molecule has 0 unspecified atom stereocenters. The van der Waals surface area contributed by atoms with Gasteiger partial charge in [-0.1, -0.05) is 0 Å². The molecule has 6 nitrogen and oxygen atoms in total. The molecule has 1 aromatic rings. The first kappa shape index (κ1) is 15.3. The summed E-state index contributed by atoms with van der Waals surface area (Å²) in [7, 11) is -0.987. The summed E-state index contributed by atoms with van der Waals surface area (Å²) in [6, 6.07) is 3.56. The number of ether oxygens (including phenoxy) is 1. The van der Waals surface area contributed by atoms with Gasteiger partial charge >= 0.3 is 12.3 Å². The number of alkyl halides is 2. The molecule has 1 atom stereocenters.